The van der Waals surface area contributed by atoms with Crippen molar-refractivity contribution in [1.82, 2.24) is 19.6 Å². The number of aryl methyl sites for hydroxylation is 1. The summed E-state index contributed by atoms with van der Waals surface area (Å²) in [5.41, 5.74) is 0.638. The highest BCUT2D eigenvalue weighted by Gasteiger charge is 2.32. The Balaban J connectivity index is 1.44. The molecule has 0 saturated carbocycles. The first-order valence-corrected chi connectivity index (χ1v) is 10.4. The molecule has 1 aliphatic heterocycles. The summed E-state index contributed by atoms with van der Waals surface area (Å²) in [7, 11) is 0. The number of halogens is 4. The number of carbonyl (C=O) groups excluding carboxylic acids is 1. The quantitative estimate of drug-likeness (QED) is 0.569. The highest BCUT2D eigenvalue weighted by molar-refractivity contribution is 6.33. The molecule has 1 saturated heterocycles. The minimum atomic E-state index is -4.53. The zero-order valence-electron chi connectivity index (χ0n) is 17.5. The number of rotatable bonds is 4. The zero-order valence-corrected chi connectivity index (χ0v) is 18.2. The Morgan fingerprint density at radius 1 is 1.18 bits per heavy atom. The summed E-state index contributed by atoms with van der Waals surface area (Å²) in [5, 5.41) is 3.72. The number of hydrogen-bond donors (Lipinski definition) is 0. The first-order valence-electron chi connectivity index (χ1n) is 10.0. The molecule has 0 N–H and O–H groups in total. The van der Waals surface area contributed by atoms with E-state index in [1.54, 1.807) is 21.9 Å². The predicted molar refractivity (Wildman–Crippen MR) is 114 cm³/mol. The molecule has 3 aromatic rings. The molecule has 1 aliphatic rings. The smallest absolute Gasteiger partial charge is 0.352 e. The SMILES string of the molecule is Cc1ccccc1-c1noc(=O)n1CC(=O)N1CCN(c2ncc(C(F)(F)F)cc2Cl)CC1. The highest BCUT2D eigenvalue weighted by atomic mass is 35.5. The van der Waals surface area contributed by atoms with Gasteiger partial charge in [-0.2, -0.15) is 13.2 Å². The number of carbonyl (C=O) groups is 1. The molecule has 0 spiro atoms. The van der Waals surface area contributed by atoms with Gasteiger partial charge in [0.15, 0.2) is 5.82 Å². The van der Waals surface area contributed by atoms with Crippen LogP contribution < -0.4 is 10.7 Å². The summed E-state index contributed by atoms with van der Waals surface area (Å²) < 4.78 is 44.5. The summed E-state index contributed by atoms with van der Waals surface area (Å²) in [5.74, 6) is -0.540. The maximum atomic E-state index is 12.9. The topological polar surface area (TPSA) is 84.5 Å². The molecule has 1 fully saturated rings. The third kappa shape index (κ3) is 4.72. The van der Waals surface area contributed by atoms with Crippen molar-refractivity contribution in [2.24, 2.45) is 0 Å². The molecule has 4 rings (SSSR count). The Labute approximate surface area is 191 Å². The minimum absolute atomic E-state index is 0.108. The van der Waals surface area contributed by atoms with Crippen LogP contribution in [0.25, 0.3) is 11.4 Å². The second kappa shape index (κ2) is 8.89. The maximum absolute atomic E-state index is 12.9. The number of aromatic nitrogens is 3. The van der Waals surface area contributed by atoms with Gasteiger partial charge >= 0.3 is 11.9 Å². The third-order valence-corrected chi connectivity index (χ3v) is 5.72. The molecule has 174 valence electrons. The number of alkyl halides is 3. The third-order valence-electron chi connectivity index (χ3n) is 5.45. The fraction of sp³-hybridized carbons (Fsp3) is 0.333. The van der Waals surface area contributed by atoms with Crippen molar-refractivity contribution in [2.45, 2.75) is 19.6 Å². The van der Waals surface area contributed by atoms with E-state index in [2.05, 4.69) is 10.1 Å². The van der Waals surface area contributed by atoms with E-state index in [9.17, 15) is 22.8 Å². The van der Waals surface area contributed by atoms with Crippen LogP contribution in [0, 0.1) is 6.92 Å². The van der Waals surface area contributed by atoms with Gasteiger partial charge in [0, 0.05) is 37.9 Å². The van der Waals surface area contributed by atoms with E-state index in [4.69, 9.17) is 16.1 Å². The molecule has 2 aromatic heterocycles. The lowest BCUT2D eigenvalue weighted by Gasteiger charge is -2.35. The largest absolute Gasteiger partial charge is 0.442 e. The van der Waals surface area contributed by atoms with E-state index in [-0.39, 0.29) is 42.2 Å². The van der Waals surface area contributed by atoms with Crippen LogP contribution in [0.3, 0.4) is 0 Å². The molecule has 3 heterocycles. The van der Waals surface area contributed by atoms with Crippen molar-refractivity contribution in [2.75, 3.05) is 31.1 Å². The second-order valence-corrected chi connectivity index (χ2v) is 7.98. The van der Waals surface area contributed by atoms with Crippen molar-refractivity contribution in [3.63, 3.8) is 0 Å². The predicted octanol–water partition coefficient (Wildman–Crippen LogP) is 3.23. The number of pyridine rings is 1. The van der Waals surface area contributed by atoms with Gasteiger partial charge in [-0.25, -0.2) is 14.3 Å². The van der Waals surface area contributed by atoms with Gasteiger partial charge in [0.2, 0.25) is 5.91 Å². The van der Waals surface area contributed by atoms with E-state index in [1.807, 2.05) is 19.1 Å². The van der Waals surface area contributed by atoms with Gasteiger partial charge in [0.05, 0.1) is 10.6 Å². The molecular formula is C21H19ClF3N5O3. The van der Waals surface area contributed by atoms with Crippen LogP contribution in [0.5, 0.6) is 0 Å². The summed E-state index contributed by atoms with van der Waals surface area (Å²) >= 11 is 6.03. The summed E-state index contributed by atoms with van der Waals surface area (Å²) in [6, 6.07) is 8.14. The fourth-order valence-electron chi connectivity index (χ4n) is 3.65. The van der Waals surface area contributed by atoms with Crippen molar-refractivity contribution >= 4 is 23.3 Å². The van der Waals surface area contributed by atoms with Crippen molar-refractivity contribution in [3.05, 3.63) is 63.2 Å². The summed E-state index contributed by atoms with van der Waals surface area (Å²) in [4.78, 5) is 32.2. The molecule has 0 aliphatic carbocycles. The van der Waals surface area contributed by atoms with Gasteiger partial charge in [-0.05, 0) is 18.6 Å². The lowest BCUT2D eigenvalue weighted by atomic mass is 10.1. The lowest BCUT2D eigenvalue weighted by Crippen LogP contribution is -2.50. The molecular weight excluding hydrogens is 463 g/mol. The van der Waals surface area contributed by atoms with Gasteiger partial charge in [-0.1, -0.05) is 41.0 Å². The van der Waals surface area contributed by atoms with Gasteiger partial charge in [-0.15, -0.1) is 0 Å². The number of piperazine rings is 1. The lowest BCUT2D eigenvalue weighted by molar-refractivity contribution is -0.138. The highest BCUT2D eigenvalue weighted by Crippen LogP contribution is 2.33. The van der Waals surface area contributed by atoms with Crippen LogP contribution in [0.15, 0.2) is 45.8 Å². The van der Waals surface area contributed by atoms with Crippen molar-refractivity contribution < 1.29 is 22.5 Å². The minimum Gasteiger partial charge on any atom is -0.352 e. The number of benzene rings is 1. The molecule has 0 bridgehead atoms. The van der Waals surface area contributed by atoms with Crippen LogP contribution >= 0.6 is 11.6 Å². The zero-order chi connectivity index (χ0) is 23.8. The molecule has 1 amide bonds. The Bertz CT molecular complexity index is 1230. The van der Waals surface area contributed by atoms with E-state index < -0.39 is 17.5 Å². The molecule has 0 radical (unpaired) electrons. The molecule has 33 heavy (non-hydrogen) atoms. The van der Waals surface area contributed by atoms with E-state index >= 15 is 0 Å². The normalized spacial score (nSPS) is 14.6. The standard InChI is InChI=1S/C21H19ClF3N5O3/c1-13-4-2-3-5-15(13)18-27-33-20(32)30(18)12-17(31)28-6-8-29(9-7-28)19-16(22)10-14(11-26-19)21(23,24)25/h2-5,10-11H,6-9,12H2,1H3. The number of amides is 1. The van der Waals surface area contributed by atoms with Crippen molar-refractivity contribution in [3.8, 4) is 11.4 Å². The Hall–Kier alpha value is -3.34. The van der Waals surface area contributed by atoms with E-state index in [1.165, 1.54) is 4.57 Å². The van der Waals surface area contributed by atoms with Crippen LogP contribution in [-0.4, -0.2) is 51.7 Å². The molecule has 1 aromatic carbocycles. The van der Waals surface area contributed by atoms with Gasteiger partial charge in [-0.3, -0.25) is 9.32 Å². The van der Waals surface area contributed by atoms with Gasteiger partial charge < -0.3 is 9.80 Å². The van der Waals surface area contributed by atoms with Crippen LogP contribution in [0.4, 0.5) is 19.0 Å². The number of anilines is 1. The van der Waals surface area contributed by atoms with Crippen LogP contribution in [0.1, 0.15) is 11.1 Å². The average molecular weight is 482 g/mol. The monoisotopic (exact) mass is 481 g/mol. The summed E-state index contributed by atoms with van der Waals surface area (Å²) in [6.45, 7) is 2.85. The van der Waals surface area contributed by atoms with Crippen LogP contribution in [-0.2, 0) is 17.5 Å². The van der Waals surface area contributed by atoms with E-state index in [0.717, 1.165) is 17.8 Å². The Morgan fingerprint density at radius 3 is 2.52 bits per heavy atom. The van der Waals surface area contributed by atoms with Gasteiger partial charge in [0.25, 0.3) is 0 Å². The van der Waals surface area contributed by atoms with Crippen LogP contribution in [0.2, 0.25) is 5.02 Å². The second-order valence-electron chi connectivity index (χ2n) is 7.57. The first-order chi connectivity index (χ1) is 15.6. The van der Waals surface area contributed by atoms with Crippen molar-refractivity contribution in [1.29, 1.82) is 0 Å². The van der Waals surface area contributed by atoms with E-state index in [0.29, 0.717) is 18.7 Å². The molecule has 8 nitrogen and oxygen atoms in total. The molecule has 12 heteroatoms. The Morgan fingerprint density at radius 2 is 1.88 bits per heavy atom. The maximum Gasteiger partial charge on any atom is 0.442 e. The first kappa shape index (κ1) is 22.8. The average Bonchev–Trinajstić information content (AvgIpc) is 3.13. The fourth-order valence-corrected chi connectivity index (χ4v) is 3.93. The number of hydrogen-bond acceptors (Lipinski definition) is 6. The molecule has 0 unspecified atom stereocenters. The number of nitrogens with zero attached hydrogens (tertiary/aromatic N) is 5. The van der Waals surface area contributed by atoms with Gasteiger partial charge in [0.1, 0.15) is 12.4 Å². The summed E-state index contributed by atoms with van der Waals surface area (Å²) in [6.07, 6.45) is -3.79. The molecule has 0 atom stereocenters. The Kier molecular flexibility index (Phi) is 6.15.